The van der Waals surface area contributed by atoms with Gasteiger partial charge in [0.2, 0.25) is 0 Å². The Balaban J connectivity index is 0.000000198. The van der Waals surface area contributed by atoms with Gasteiger partial charge >= 0.3 is 17.9 Å². The number of rotatable bonds is 5. The maximum Gasteiger partial charge on any atom is 0.338 e. The molecule has 1 amide bonds. The van der Waals surface area contributed by atoms with Crippen molar-refractivity contribution >= 4 is 103 Å². The van der Waals surface area contributed by atoms with Crippen LogP contribution in [0, 0.1) is 13.8 Å². The molecule has 0 saturated heterocycles. The third-order valence-corrected chi connectivity index (χ3v) is 9.00. The second-order valence-electron chi connectivity index (χ2n) is 11.4. The summed E-state index contributed by atoms with van der Waals surface area (Å²) in [5.74, 6) is -2.32. The van der Waals surface area contributed by atoms with Crippen LogP contribution in [-0.2, 0) is 9.47 Å². The van der Waals surface area contributed by atoms with E-state index in [1.165, 1.54) is 26.4 Å². The van der Waals surface area contributed by atoms with E-state index in [1.807, 2.05) is 13.8 Å². The quantitative estimate of drug-likeness (QED) is 0.116. The van der Waals surface area contributed by atoms with Gasteiger partial charge in [-0.2, -0.15) is 0 Å². The van der Waals surface area contributed by atoms with E-state index < -0.39 is 17.9 Å². The largest absolute Gasteiger partial charge is 0.478 e. The third-order valence-electron chi connectivity index (χ3n) is 7.78. The van der Waals surface area contributed by atoms with E-state index in [0.717, 1.165) is 11.1 Å². The average molecular weight is 795 g/mol. The molecule has 13 heteroatoms. The normalized spacial score (nSPS) is 10.3. The molecule has 9 nitrogen and oxygen atoms in total. The van der Waals surface area contributed by atoms with Crippen molar-refractivity contribution in [2.45, 2.75) is 13.8 Å². The van der Waals surface area contributed by atoms with Gasteiger partial charge in [-0.05, 0) is 95.1 Å². The van der Waals surface area contributed by atoms with Crippen LogP contribution in [0.3, 0.4) is 0 Å². The number of carboxylic acids is 1. The number of aryl methyl sites for hydroxylation is 2. The highest BCUT2D eigenvalue weighted by Crippen LogP contribution is 2.33. The van der Waals surface area contributed by atoms with Gasteiger partial charge in [0.15, 0.2) is 0 Å². The molecule has 0 bridgehead atoms. The average Bonchev–Trinajstić information content (AvgIpc) is 3.14. The van der Waals surface area contributed by atoms with Gasteiger partial charge in [0.05, 0.1) is 62.4 Å². The Hall–Kier alpha value is -5.32. The number of nitrogen functional groups attached to an aromatic ring is 1. The number of halogens is 4. The van der Waals surface area contributed by atoms with Gasteiger partial charge in [0, 0.05) is 5.56 Å². The number of anilines is 2. The zero-order chi connectivity index (χ0) is 39.0. The molecule has 0 atom stereocenters. The number of carboxylic acid groups (broad SMARTS) is 1. The van der Waals surface area contributed by atoms with Gasteiger partial charge in [-0.15, -0.1) is 0 Å². The standard InChI is InChI=1S/C20H15Cl2NO3.C13H10O4.C7H7Cl2N/c1-11-9-16(21)18(17(22)10-11)23-19(24)14-7-8-15(20(25)26-2)13-6-4-3-5-12(13)14;1-17-13(16)11-7-6-10(12(14)15)8-4-2-3-5-9(8)11;1-4-2-5(8)7(10)6(9)3-4/h3-10H,1-2H3,(H,23,24);2-7H,1H3,(H,14,15);2-3H,10H2,1H3. The first-order valence-corrected chi connectivity index (χ1v) is 17.1. The highest BCUT2D eigenvalue weighted by molar-refractivity contribution is 6.40. The van der Waals surface area contributed by atoms with E-state index in [1.54, 1.807) is 84.9 Å². The number of nitrogens with one attached hydrogen (secondary N) is 1. The lowest BCUT2D eigenvalue weighted by Crippen LogP contribution is -2.14. The molecular formula is C40H32Cl4N2O7. The Morgan fingerprint density at radius 1 is 0.566 bits per heavy atom. The van der Waals surface area contributed by atoms with Crippen LogP contribution >= 0.6 is 46.4 Å². The Labute approximate surface area is 325 Å². The molecule has 0 saturated carbocycles. The van der Waals surface area contributed by atoms with Crippen molar-refractivity contribution < 1.29 is 33.8 Å². The van der Waals surface area contributed by atoms with Crippen molar-refractivity contribution in [3.63, 3.8) is 0 Å². The van der Waals surface area contributed by atoms with Crippen molar-refractivity contribution in [1.29, 1.82) is 0 Å². The fourth-order valence-corrected chi connectivity index (χ4v) is 6.56. The molecule has 6 aromatic rings. The Bertz CT molecular complexity index is 2330. The van der Waals surface area contributed by atoms with Crippen LogP contribution in [-0.4, -0.2) is 43.1 Å². The summed E-state index contributed by atoms with van der Waals surface area (Å²) < 4.78 is 9.47. The zero-order valence-electron chi connectivity index (χ0n) is 28.7. The van der Waals surface area contributed by atoms with Crippen molar-refractivity contribution in [2.24, 2.45) is 0 Å². The first-order valence-electron chi connectivity index (χ1n) is 15.6. The summed E-state index contributed by atoms with van der Waals surface area (Å²) in [6.07, 6.45) is 0. The van der Waals surface area contributed by atoms with E-state index in [2.05, 4.69) is 10.1 Å². The SMILES string of the molecule is COC(=O)c1ccc(C(=O)Nc2c(Cl)cc(C)cc2Cl)c2ccccc12.COC(=O)c1ccc(C(=O)O)c2ccccc12.Cc1cc(Cl)c(N)c(Cl)c1. The molecule has 0 aliphatic heterocycles. The number of carbonyl (C=O) groups is 4. The van der Waals surface area contributed by atoms with Crippen molar-refractivity contribution in [3.05, 3.63) is 151 Å². The first kappa shape index (κ1) is 40.5. The van der Waals surface area contributed by atoms with E-state index in [0.29, 0.717) is 69.7 Å². The molecule has 6 rings (SSSR count). The number of ether oxygens (including phenoxy) is 2. The predicted molar refractivity (Wildman–Crippen MR) is 212 cm³/mol. The Kier molecular flexibility index (Phi) is 13.7. The van der Waals surface area contributed by atoms with Gasteiger partial charge < -0.3 is 25.6 Å². The molecule has 272 valence electrons. The summed E-state index contributed by atoms with van der Waals surface area (Å²) in [4.78, 5) is 47.4. The summed E-state index contributed by atoms with van der Waals surface area (Å²) in [6, 6.07) is 27.0. The topological polar surface area (TPSA) is 145 Å². The van der Waals surface area contributed by atoms with Gasteiger partial charge in [0.1, 0.15) is 0 Å². The second kappa shape index (κ2) is 17.9. The first-order chi connectivity index (χ1) is 25.2. The monoisotopic (exact) mass is 792 g/mol. The second-order valence-corrected chi connectivity index (χ2v) is 13.0. The molecule has 0 aliphatic rings. The number of methoxy groups -OCH3 is 2. The minimum absolute atomic E-state index is 0.174. The lowest BCUT2D eigenvalue weighted by Gasteiger charge is -2.13. The van der Waals surface area contributed by atoms with E-state index in [4.69, 9.17) is 62.0 Å². The van der Waals surface area contributed by atoms with Crippen LogP contribution in [0.1, 0.15) is 52.6 Å². The number of esters is 2. The minimum atomic E-state index is -1.02. The number of amides is 1. The van der Waals surface area contributed by atoms with Crippen LogP contribution in [0.25, 0.3) is 21.5 Å². The van der Waals surface area contributed by atoms with E-state index in [9.17, 15) is 19.2 Å². The smallest absolute Gasteiger partial charge is 0.338 e. The number of fused-ring (bicyclic) bond motifs is 2. The number of hydrogen-bond acceptors (Lipinski definition) is 7. The number of benzene rings is 6. The summed E-state index contributed by atoms with van der Waals surface area (Å²) in [7, 11) is 2.61. The fourth-order valence-electron chi connectivity index (χ4n) is 5.27. The molecule has 0 radical (unpaired) electrons. The molecule has 6 aromatic carbocycles. The molecular weight excluding hydrogens is 762 g/mol. The molecule has 0 aliphatic carbocycles. The van der Waals surface area contributed by atoms with Crippen molar-refractivity contribution in [3.8, 4) is 0 Å². The molecule has 0 unspecified atom stereocenters. The number of carbonyl (C=O) groups excluding carboxylic acids is 3. The zero-order valence-corrected chi connectivity index (χ0v) is 31.7. The number of hydrogen-bond donors (Lipinski definition) is 3. The summed E-state index contributed by atoms with van der Waals surface area (Å²) in [6.45, 7) is 3.78. The molecule has 0 heterocycles. The van der Waals surface area contributed by atoms with Gasteiger partial charge in [-0.1, -0.05) is 94.9 Å². The van der Waals surface area contributed by atoms with Crippen LogP contribution in [0.4, 0.5) is 11.4 Å². The fraction of sp³-hybridized carbons (Fsp3) is 0.100. The number of nitrogens with two attached hydrogens (primary N) is 1. The predicted octanol–water partition coefficient (Wildman–Crippen LogP) is 10.7. The van der Waals surface area contributed by atoms with Crippen LogP contribution in [0.5, 0.6) is 0 Å². The van der Waals surface area contributed by atoms with Crippen LogP contribution < -0.4 is 11.1 Å². The van der Waals surface area contributed by atoms with E-state index >= 15 is 0 Å². The molecule has 53 heavy (non-hydrogen) atoms. The number of aromatic carboxylic acids is 1. The van der Waals surface area contributed by atoms with Crippen LogP contribution in [0.2, 0.25) is 20.1 Å². The lowest BCUT2D eigenvalue weighted by atomic mass is 9.99. The molecule has 0 fully saturated rings. The molecule has 4 N–H and O–H groups in total. The van der Waals surface area contributed by atoms with Crippen molar-refractivity contribution in [1.82, 2.24) is 0 Å². The molecule has 0 aromatic heterocycles. The Morgan fingerprint density at radius 3 is 1.30 bits per heavy atom. The maximum absolute atomic E-state index is 12.8. The highest BCUT2D eigenvalue weighted by atomic mass is 35.5. The molecule has 0 spiro atoms. The van der Waals surface area contributed by atoms with Gasteiger partial charge in [-0.25, -0.2) is 14.4 Å². The third kappa shape index (κ3) is 9.57. The Morgan fingerprint density at radius 2 is 0.906 bits per heavy atom. The highest BCUT2D eigenvalue weighted by Gasteiger charge is 2.19. The lowest BCUT2D eigenvalue weighted by molar-refractivity contribution is 0.0594. The van der Waals surface area contributed by atoms with Gasteiger partial charge in [0.25, 0.3) is 5.91 Å². The minimum Gasteiger partial charge on any atom is -0.478 e. The maximum atomic E-state index is 12.8. The van der Waals surface area contributed by atoms with Crippen molar-refractivity contribution in [2.75, 3.05) is 25.3 Å². The summed E-state index contributed by atoms with van der Waals surface area (Å²) in [5, 5.41) is 15.9. The van der Waals surface area contributed by atoms with Gasteiger partial charge in [-0.3, -0.25) is 4.79 Å². The van der Waals surface area contributed by atoms with E-state index in [-0.39, 0.29) is 11.5 Å². The summed E-state index contributed by atoms with van der Waals surface area (Å²) in [5.41, 5.74) is 9.54. The van der Waals surface area contributed by atoms with Crippen LogP contribution in [0.15, 0.2) is 97.1 Å². The summed E-state index contributed by atoms with van der Waals surface area (Å²) >= 11 is 23.8.